The molecule has 3 saturated heterocycles. The Morgan fingerprint density at radius 1 is 1.25 bits per heavy atom. The van der Waals surface area contributed by atoms with E-state index in [-0.39, 0.29) is 36.3 Å². The van der Waals surface area contributed by atoms with Crippen LogP contribution in [0.4, 0.5) is 4.79 Å². The number of amides is 4. The van der Waals surface area contributed by atoms with Crippen molar-refractivity contribution in [2.45, 2.75) is 82.8 Å². The molecule has 11 heteroatoms. The van der Waals surface area contributed by atoms with Crippen LogP contribution in [0.5, 0.6) is 0 Å². The van der Waals surface area contributed by atoms with Crippen molar-refractivity contribution < 1.29 is 23.9 Å². The third kappa shape index (κ3) is 6.07. The number of benzene rings is 1. The fraction of sp³-hybridized carbons (Fsp3) is 0.621. The topological polar surface area (TPSA) is 126 Å². The van der Waals surface area contributed by atoms with Gasteiger partial charge in [0.05, 0.1) is 18.2 Å². The molecule has 216 valence electrons. The fourth-order valence-corrected chi connectivity index (χ4v) is 5.98. The van der Waals surface area contributed by atoms with E-state index in [9.17, 15) is 24.4 Å². The van der Waals surface area contributed by atoms with Crippen LogP contribution in [0, 0.1) is 11.3 Å². The van der Waals surface area contributed by atoms with Crippen molar-refractivity contribution >= 4 is 23.8 Å². The van der Waals surface area contributed by atoms with Crippen LogP contribution >= 0.6 is 0 Å². The summed E-state index contributed by atoms with van der Waals surface area (Å²) >= 11 is 0. The average Bonchev–Trinajstić information content (AvgIpc) is 3.60. The number of fused-ring (bicyclic) bond motifs is 2. The van der Waals surface area contributed by atoms with Gasteiger partial charge in [-0.3, -0.25) is 19.3 Å². The van der Waals surface area contributed by atoms with E-state index in [0.29, 0.717) is 31.5 Å². The Labute approximate surface area is 236 Å². The maximum Gasteiger partial charge on any atom is 0.408 e. The zero-order valence-corrected chi connectivity index (χ0v) is 24.2. The number of alkyl carbamates (subject to hydrolysis) is 1. The number of nitrogens with one attached hydrogen (secondary N) is 1. The van der Waals surface area contributed by atoms with E-state index < -0.39 is 29.8 Å². The number of likely N-dealkylation sites (tertiary alicyclic amines) is 3. The summed E-state index contributed by atoms with van der Waals surface area (Å²) in [7, 11) is 3.41. The average molecular weight is 553 g/mol. The van der Waals surface area contributed by atoms with Gasteiger partial charge in [-0.05, 0) is 64.7 Å². The highest BCUT2D eigenvalue weighted by Gasteiger charge is 2.52. The molecule has 0 spiro atoms. The number of rotatable bonds is 7. The minimum atomic E-state index is -0.949. The Morgan fingerprint density at radius 3 is 2.60 bits per heavy atom. The van der Waals surface area contributed by atoms with Crippen LogP contribution in [0.15, 0.2) is 24.3 Å². The van der Waals surface area contributed by atoms with Crippen LogP contribution in [0.3, 0.4) is 0 Å². The maximum absolute atomic E-state index is 13.6. The van der Waals surface area contributed by atoms with Crippen LogP contribution in [0.1, 0.15) is 68.9 Å². The molecule has 4 rings (SSSR count). The molecule has 3 aliphatic rings. The van der Waals surface area contributed by atoms with Crippen LogP contribution in [-0.4, -0.2) is 107 Å². The summed E-state index contributed by atoms with van der Waals surface area (Å²) in [6.45, 7) is 8.36. The number of hydrogen-bond donors (Lipinski definition) is 1. The fourth-order valence-electron chi connectivity index (χ4n) is 5.98. The van der Waals surface area contributed by atoms with Crippen molar-refractivity contribution in [3.05, 3.63) is 35.4 Å². The molecule has 2 bridgehead atoms. The lowest BCUT2D eigenvalue weighted by molar-refractivity contribution is -0.141. The molecule has 0 radical (unpaired) electrons. The number of nitriles is 1. The van der Waals surface area contributed by atoms with E-state index in [4.69, 9.17) is 4.74 Å². The second kappa shape index (κ2) is 11.5. The first kappa shape index (κ1) is 29.3. The molecule has 0 aliphatic carbocycles. The first-order chi connectivity index (χ1) is 18.8. The van der Waals surface area contributed by atoms with Gasteiger partial charge in [0.15, 0.2) is 0 Å². The predicted molar refractivity (Wildman–Crippen MR) is 147 cm³/mol. The van der Waals surface area contributed by atoms with Gasteiger partial charge in [-0.2, -0.15) is 5.26 Å². The van der Waals surface area contributed by atoms with Gasteiger partial charge in [0.25, 0.3) is 5.91 Å². The van der Waals surface area contributed by atoms with Gasteiger partial charge in [-0.15, -0.1) is 0 Å². The molecule has 4 amide bonds. The highest BCUT2D eigenvalue weighted by molar-refractivity contribution is 5.94. The second-order valence-electron chi connectivity index (χ2n) is 12.1. The lowest BCUT2D eigenvalue weighted by atomic mass is 10.0. The summed E-state index contributed by atoms with van der Waals surface area (Å²) in [5.74, 6) is -0.468. The Morgan fingerprint density at radius 2 is 1.98 bits per heavy atom. The van der Waals surface area contributed by atoms with Crippen molar-refractivity contribution in [2.75, 3.05) is 33.7 Å². The van der Waals surface area contributed by atoms with Crippen molar-refractivity contribution in [1.82, 2.24) is 24.9 Å². The molecule has 1 aromatic carbocycles. The lowest BCUT2D eigenvalue weighted by Crippen LogP contribution is -2.59. The molecular formula is C29H40N6O5. The summed E-state index contributed by atoms with van der Waals surface area (Å²) in [5.41, 5.74) is 0.713. The highest BCUT2D eigenvalue weighted by Crippen LogP contribution is 2.38. The van der Waals surface area contributed by atoms with Gasteiger partial charge >= 0.3 is 6.09 Å². The van der Waals surface area contributed by atoms with Gasteiger partial charge < -0.3 is 24.8 Å². The summed E-state index contributed by atoms with van der Waals surface area (Å²) < 4.78 is 5.41. The lowest BCUT2D eigenvalue weighted by Gasteiger charge is -2.39. The monoisotopic (exact) mass is 552 g/mol. The Kier molecular flexibility index (Phi) is 8.40. The molecular weight excluding hydrogens is 512 g/mol. The molecule has 0 saturated carbocycles. The van der Waals surface area contributed by atoms with E-state index in [1.54, 1.807) is 40.9 Å². The Hall–Kier alpha value is -3.65. The molecule has 5 atom stereocenters. The molecule has 3 fully saturated rings. The van der Waals surface area contributed by atoms with Gasteiger partial charge in [-0.25, -0.2) is 4.79 Å². The first-order valence-corrected chi connectivity index (χ1v) is 13.9. The van der Waals surface area contributed by atoms with Gasteiger partial charge in [-0.1, -0.05) is 12.1 Å². The van der Waals surface area contributed by atoms with E-state index in [1.165, 1.54) is 9.80 Å². The third-order valence-corrected chi connectivity index (χ3v) is 7.84. The molecule has 11 nitrogen and oxygen atoms in total. The number of carbonyl (C=O) groups excluding carboxylic acids is 4. The number of nitrogens with zero attached hydrogens (tertiary/aromatic N) is 5. The van der Waals surface area contributed by atoms with Crippen LogP contribution in [0.25, 0.3) is 0 Å². The maximum atomic E-state index is 13.6. The normalized spacial score (nSPS) is 24.0. The minimum absolute atomic E-state index is 0.0346. The van der Waals surface area contributed by atoms with Gasteiger partial charge in [0.1, 0.15) is 17.7 Å². The van der Waals surface area contributed by atoms with E-state index in [2.05, 4.69) is 11.4 Å². The van der Waals surface area contributed by atoms with Crippen LogP contribution in [0.2, 0.25) is 0 Å². The predicted octanol–water partition coefficient (Wildman–Crippen LogP) is 2.14. The zero-order valence-electron chi connectivity index (χ0n) is 24.2. The summed E-state index contributed by atoms with van der Waals surface area (Å²) in [4.78, 5) is 59.1. The van der Waals surface area contributed by atoms with Gasteiger partial charge in [0.2, 0.25) is 11.8 Å². The molecule has 3 aliphatic heterocycles. The van der Waals surface area contributed by atoms with Crippen LogP contribution < -0.4 is 5.32 Å². The summed E-state index contributed by atoms with van der Waals surface area (Å²) in [6, 6.07) is 7.37. The minimum Gasteiger partial charge on any atom is -0.444 e. The van der Waals surface area contributed by atoms with Crippen molar-refractivity contribution in [3.8, 4) is 6.07 Å². The molecule has 0 aromatic heterocycles. The van der Waals surface area contributed by atoms with Crippen LogP contribution in [-0.2, 0) is 14.3 Å². The first-order valence-electron chi connectivity index (χ1n) is 13.9. The Balaban J connectivity index is 1.48. The summed E-state index contributed by atoms with van der Waals surface area (Å²) in [6.07, 6.45) is 1.24. The van der Waals surface area contributed by atoms with E-state index >= 15 is 0 Å². The Bertz CT molecular complexity index is 1200. The van der Waals surface area contributed by atoms with Gasteiger partial charge in [0, 0.05) is 45.3 Å². The number of hydrogen-bond acceptors (Lipinski definition) is 7. The molecule has 1 N–H and O–H groups in total. The SMILES string of the molecule is C[C@@H](c1cccc(C(=O)N(C)C)c1)N1C(=O)[C@@H]2C[C@H]1CN2C[C@H](NC(=O)OC(C)(C)C)C(=O)N1CCC[C@H]1C#N. The van der Waals surface area contributed by atoms with E-state index in [1.807, 2.05) is 34.9 Å². The number of carbonyl (C=O) groups is 4. The highest BCUT2D eigenvalue weighted by atomic mass is 16.6. The summed E-state index contributed by atoms with van der Waals surface area (Å²) in [5, 5.41) is 12.2. The zero-order chi connectivity index (χ0) is 29.4. The molecule has 0 unspecified atom stereocenters. The largest absolute Gasteiger partial charge is 0.444 e. The second-order valence-corrected chi connectivity index (χ2v) is 12.1. The van der Waals surface area contributed by atoms with Crippen molar-refractivity contribution in [2.24, 2.45) is 0 Å². The van der Waals surface area contributed by atoms with Crippen molar-refractivity contribution in [1.29, 1.82) is 5.26 Å². The smallest absolute Gasteiger partial charge is 0.408 e. The third-order valence-electron chi connectivity index (χ3n) is 7.84. The van der Waals surface area contributed by atoms with Crippen molar-refractivity contribution in [3.63, 3.8) is 0 Å². The number of piperazine rings is 1. The molecule has 40 heavy (non-hydrogen) atoms. The van der Waals surface area contributed by atoms with E-state index in [0.717, 1.165) is 12.0 Å². The molecule has 1 aromatic rings. The molecule has 3 heterocycles. The standard InChI is InChI=1S/C29H40N6O5/c1-18(19-9-7-10-20(13-19)25(36)32(5)6)35-22-14-24(27(35)38)33(16-22)17-23(31-28(39)40-29(2,3)4)26(37)34-12-8-11-21(34)15-30/h7,9-10,13,18,21-24H,8,11-12,14,16-17H2,1-6H3,(H,31,39)/t18-,21-,22-,23-,24-/m0/s1. The quantitative estimate of drug-likeness (QED) is 0.549. The number of ether oxygens (including phenoxy) is 1.